The molecular formula is C16H22ClN3. The van der Waals surface area contributed by atoms with Gasteiger partial charge < -0.3 is 5.32 Å². The lowest BCUT2D eigenvalue weighted by Gasteiger charge is -2.07. The predicted molar refractivity (Wildman–Crippen MR) is 84.0 cm³/mol. The van der Waals surface area contributed by atoms with Gasteiger partial charge in [-0.25, -0.2) is 0 Å². The second-order valence-corrected chi connectivity index (χ2v) is 5.34. The summed E-state index contributed by atoms with van der Waals surface area (Å²) in [4.78, 5) is 0. The zero-order valence-corrected chi connectivity index (χ0v) is 13.2. The molecular weight excluding hydrogens is 270 g/mol. The Morgan fingerprint density at radius 1 is 1.05 bits per heavy atom. The third kappa shape index (κ3) is 3.41. The van der Waals surface area contributed by atoms with E-state index in [1.807, 2.05) is 11.7 Å². The maximum absolute atomic E-state index is 6.33. The molecule has 0 spiro atoms. The van der Waals surface area contributed by atoms with Crippen molar-refractivity contribution in [1.29, 1.82) is 0 Å². The summed E-state index contributed by atoms with van der Waals surface area (Å²) in [5.74, 6) is 0. The van der Waals surface area contributed by atoms with E-state index < -0.39 is 0 Å². The number of nitrogens with one attached hydrogen (secondary N) is 1. The van der Waals surface area contributed by atoms with E-state index >= 15 is 0 Å². The molecule has 2 aromatic rings. The first-order valence-corrected chi connectivity index (χ1v) is 7.52. The molecule has 2 rings (SSSR count). The van der Waals surface area contributed by atoms with E-state index in [1.54, 1.807) is 0 Å². The van der Waals surface area contributed by atoms with Crippen molar-refractivity contribution >= 4 is 11.6 Å². The summed E-state index contributed by atoms with van der Waals surface area (Å²) in [6.07, 6.45) is 1.95. The second kappa shape index (κ2) is 6.91. The van der Waals surface area contributed by atoms with Crippen LogP contribution in [-0.2, 0) is 33.0 Å². The highest BCUT2D eigenvalue weighted by molar-refractivity contribution is 6.31. The third-order valence-corrected chi connectivity index (χ3v) is 3.99. The number of hydrogen-bond donors (Lipinski definition) is 1. The van der Waals surface area contributed by atoms with Gasteiger partial charge in [0.05, 0.1) is 16.4 Å². The SMILES string of the molecule is CCc1ccc(CNCc2c(Cl)c(CC)nn2C)cc1. The van der Waals surface area contributed by atoms with Crippen LogP contribution in [0.4, 0.5) is 0 Å². The molecule has 0 unspecified atom stereocenters. The molecule has 0 aliphatic rings. The molecule has 0 radical (unpaired) electrons. The highest BCUT2D eigenvalue weighted by Gasteiger charge is 2.12. The average molecular weight is 292 g/mol. The van der Waals surface area contributed by atoms with Crippen molar-refractivity contribution in [2.24, 2.45) is 7.05 Å². The Balaban J connectivity index is 1.94. The van der Waals surface area contributed by atoms with Crippen molar-refractivity contribution in [3.63, 3.8) is 0 Å². The monoisotopic (exact) mass is 291 g/mol. The summed E-state index contributed by atoms with van der Waals surface area (Å²) in [5, 5.41) is 8.65. The molecule has 1 N–H and O–H groups in total. The summed E-state index contributed by atoms with van der Waals surface area (Å²) < 4.78 is 1.87. The second-order valence-electron chi connectivity index (χ2n) is 4.96. The number of aromatic nitrogens is 2. The fourth-order valence-corrected chi connectivity index (χ4v) is 2.59. The maximum Gasteiger partial charge on any atom is 0.0863 e. The molecule has 4 heteroatoms. The number of benzene rings is 1. The van der Waals surface area contributed by atoms with Gasteiger partial charge in [-0.15, -0.1) is 0 Å². The van der Waals surface area contributed by atoms with Crippen LogP contribution in [0.15, 0.2) is 24.3 Å². The average Bonchev–Trinajstić information content (AvgIpc) is 2.75. The highest BCUT2D eigenvalue weighted by atomic mass is 35.5. The summed E-state index contributed by atoms with van der Waals surface area (Å²) >= 11 is 6.33. The summed E-state index contributed by atoms with van der Waals surface area (Å²) in [6.45, 7) is 5.81. The molecule has 1 aromatic carbocycles. The summed E-state index contributed by atoms with van der Waals surface area (Å²) in [7, 11) is 1.94. The summed E-state index contributed by atoms with van der Waals surface area (Å²) in [5.41, 5.74) is 4.68. The van der Waals surface area contributed by atoms with Gasteiger partial charge in [0.15, 0.2) is 0 Å². The van der Waals surface area contributed by atoms with Gasteiger partial charge >= 0.3 is 0 Å². The number of halogens is 1. The summed E-state index contributed by atoms with van der Waals surface area (Å²) in [6, 6.07) is 8.72. The Morgan fingerprint density at radius 3 is 2.25 bits per heavy atom. The number of hydrogen-bond acceptors (Lipinski definition) is 2. The van der Waals surface area contributed by atoms with E-state index in [1.165, 1.54) is 11.1 Å². The van der Waals surface area contributed by atoms with E-state index in [2.05, 4.69) is 48.5 Å². The van der Waals surface area contributed by atoms with Crippen LogP contribution in [0.5, 0.6) is 0 Å². The van der Waals surface area contributed by atoms with Crippen molar-refractivity contribution in [2.75, 3.05) is 0 Å². The van der Waals surface area contributed by atoms with Gasteiger partial charge in [0.1, 0.15) is 0 Å². The lowest BCUT2D eigenvalue weighted by molar-refractivity contribution is 0.623. The molecule has 0 bridgehead atoms. The van der Waals surface area contributed by atoms with Crippen LogP contribution < -0.4 is 5.32 Å². The molecule has 20 heavy (non-hydrogen) atoms. The number of aryl methyl sites for hydroxylation is 3. The van der Waals surface area contributed by atoms with Crippen LogP contribution >= 0.6 is 11.6 Å². The normalized spacial score (nSPS) is 11.0. The van der Waals surface area contributed by atoms with Crippen LogP contribution in [-0.4, -0.2) is 9.78 Å². The van der Waals surface area contributed by atoms with Gasteiger partial charge in [-0.3, -0.25) is 4.68 Å². The first kappa shape index (κ1) is 15.1. The molecule has 0 amide bonds. The number of rotatable bonds is 6. The van der Waals surface area contributed by atoms with Crippen LogP contribution in [0.3, 0.4) is 0 Å². The molecule has 0 saturated carbocycles. The van der Waals surface area contributed by atoms with Gasteiger partial charge in [-0.2, -0.15) is 5.10 Å². The Kier molecular flexibility index (Phi) is 5.21. The van der Waals surface area contributed by atoms with E-state index in [9.17, 15) is 0 Å². The Labute approximate surface area is 126 Å². The molecule has 0 aliphatic heterocycles. The molecule has 1 aromatic heterocycles. The van der Waals surface area contributed by atoms with E-state index in [4.69, 9.17) is 11.6 Å². The lowest BCUT2D eigenvalue weighted by Crippen LogP contribution is -2.15. The molecule has 0 atom stereocenters. The number of nitrogens with zero attached hydrogens (tertiary/aromatic N) is 2. The minimum Gasteiger partial charge on any atom is -0.307 e. The van der Waals surface area contributed by atoms with E-state index in [0.717, 1.165) is 42.3 Å². The van der Waals surface area contributed by atoms with E-state index in [0.29, 0.717) is 0 Å². The lowest BCUT2D eigenvalue weighted by atomic mass is 10.1. The van der Waals surface area contributed by atoms with Gasteiger partial charge in [0.25, 0.3) is 0 Å². The fourth-order valence-electron chi connectivity index (χ4n) is 2.23. The smallest absolute Gasteiger partial charge is 0.0863 e. The maximum atomic E-state index is 6.33. The van der Waals surface area contributed by atoms with Crippen molar-refractivity contribution in [2.45, 2.75) is 39.8 Å². The molecule has 0 saturated heterocycles. The van der Waals surface area contributed by atoms with Crippen LogP contribution in [0.25, 0.3) is 0 Å². The highest BCUT2D eigenvalue weighted by Crippen LogP contribution is 2.20. The standard InChI is InChI=1S/C16H22ClN3/c1-4-12-6-8-13(9-7-12)10-18-11-15-16(17)14(5-2)19-20(15)3/h6-9,18H,4-5,10-11H2,1-3H3. The largest absolute Gasteiger partial charge is 0.307 e. The van der Waals surface area contributed by atoms with Crippen molar-refractivity contribution in [3.8, 4) is 0 Å². The molecule has 108 valence electrons. The minimum atomic E-state index is 0.734. The Bertz CT molecular complexity index is 558. The zero-order valence-electron chi connectivity index (χ0n) is 12.4. The van der Waals surface area contributed by atoms with E-state index in [-0.39, 0.29) is 0 Å². The topological polar surface area (TPSA) is 29.9 Å². The zero-order chi connectivity index (χ0) is 14.5. The van der Waals surface area contributed by atoms with Crippen molar-refractivity contribution < 1.29 is 0 Å². The van der Waals surface area contributed by atoms with Crippen molar-refractivity contribution in [3.05, 3.63) is 51.8 Å². The minimum absolute atomic E-state index is 0.734. The predicted octanol–water partition coefficient (Wildman–Crippen LogP) is 3.49. The quantitative estimate of drug-likeness (QED) is 0.883. The molecule has 1 heterocycles. The van der Waals surface area contributed by atoms with Crippen LogP contribution in [0, 0.1) is 0 Å². The molecule has 3 nitrogen and oxygen atoms in total. The van der Waals surface area contributed by atoms with Gasteiger partial charge in [-0.1, -0.05) is 49.7 Å². The van der Waals surface area contributed by atoms with Crippen LogP contribution in [0.2, 0.25) is 5.02 Å². The van der Waals surface area contributed by atoms with Crippen molar-refractivity contribution in [1.82, 2.24) is 15.1 Å². The molecule has 0 fully saturated rings. The first-order chi connectivity index (χ1) is 9.65. The first-order valence-electron chi connectivity index (χ1n) is 7.14. The van der Waals surface area contributed by atoms with Gasteiger partial charge in [-0.05, 0) is 24.0 Å². The van der Waals surface area contributed by atoms with Gasteiger partial charge in [0, 0.05) is 20.1 Å². The van der Waals surface area contributed by atoms with Gasteiger partial charge in [0.2, 0.25) is 0 Å². The fraction of sp³-hybridized carbons (Fsp3) is 0.438. The Morgan fingerprint density at radius 2 is 1.70 bits per heavy atom. The van der Waals surface area contributed by atoms with Crippen LogP contribution in [0.1, 0.15) is 36.4 Å². The third-order valence-electron chi connectivity index (χ3n) is 3.56. The Hall–Kier alpha value is -1.32. The molecule has 0 aliphatic carbocycles.